The van der Waals surface area contributed by atoms with Gasteiger partial charge in [0, 0.05) is 12.6 Å². The first-order valence-electron chi connectivity index (χ1n) is 6.14. The first-order chi connectivity index (χ1) is 7.62. The summed E-state index contributed by atoms with van der Waals surface area (Å²) in [5, 5.41) is 10.7. The van der Waals surface area contributed by atoms with E-state index in [1.54, 1.807) is 0 Å². The van der Waals surface area contributed by atoms with Crippen LogP contribution in [0.25, 0.3) is 0 Å². The molecule has 1 aromatic rings. The molecule has 0 bridgehead atoms. The topological polar surface area (TPSA) is 23.5 Å². The van der Waals surface area contributed by atoms with E-state index in [1.165, 1.54) is 0 Å². The SMILES string of the molecule is CC(C)N1CCCC(O)(c2ccccc2)C1. The van der Waals surface area contributed by atoms with E-state index in [-0.39, 0.29) is 0 Å². The molecule has 1 aliphatic rings. The molecule has 1 atom stereocenters. The molecule has 0 aromatic heterocycles. The van der Waals surface area contributed by atoms with Crippen LogP contribution in [0.3, 0.4) is 0 Å². The molecule has 1 fully saturated rings. The second kappa shape index (κ2) is 4.56. The molecular weight excluding hydrogens is 198 g/mol. The van der Waals surface area contributed by atoms with Crippen molar-refractivity contribution in [2.24, 2.45) is 0 Å². The van der Waals surface area contributed by atoms with Gasteiger partial charge in [0.25, 0.3) is 0 Å². The molecule has 2 rings (SSSR count). The minimum Gasteiger partial charge on any atom is -0.384 e. The van der Waals surface area contributed by atoms with Crippen LogP contribution >= 0.6 is 0 Å². The first kappa shape index (κ1) is 11.6. The fraction of sp³-hybridized carbons (Fsp3) is 0.571. The van der Waals surface area contributed by atoms with Crippen LogP contribution in [-0.4, -0.2) is 29.1 Å². The molecule has 0 spiro atoms. The van der Waals surface area contributed by atoms with Gasteiger partial charge in [-0.15, -0.1) is 0 Å². The number of hydrogen-bond acceptors (Lipinski definition) is 2. The summed E-state index contributed by atoms with van der Waals surface area (Å²) in [5.74, 6) is 0. The van der Waals surface area contributed by atoms with Crippen LogP contribution in [-0.2, 0) is 5.60 Å². The van der Waals surface area contributed by atoms with Gasteiger partial charge in [0.1, 0.15) is 5.60 Å². The van der Waals surface area contributed by atoms with E-state index in [2.05, 4.69) is 18.7 Å². The van der Waals surface area contributed by atoms with Crippen molar-refractivity contribution in [3.63, 3.8) is 0 Å². The van der Waals surface area contributed by atoms with Gasteiger partial charge in [-0.05, 0) is 38.8 Å². The van der Waals surface area contributed by atoms with Crippen LogP contribution in [0.5, 0.6) is 0 Å². The molecule has 2 heteroatoms. The van der Waals surface area contributed by atoms with Crippen molar-refractivity contribution in [3.05, 3.63) is 35.9 Å². The van der Waals surface area contributed by atoms with Gasteiger partial charge < -0.3 is 5.11 Å². The molecule has 0 amide bonds. The van der Waals surface area contributed by atoms with Crippen molar-refractivity contribution in [1.29, 1.82) is 0 Å². The molecule has 1 N–H and O–H groups in total. The van der Waals surface area contributed by atoms with Gasteiger partial charge in [-0.25, -0.2) is 0 Å². The molecule has 1 aliphatic heterocycles. The van der Waals surface area contributed by atoms with Crippen molar-refractivity contribution >= 4 is 0 Å². The Kier molecular flexibility index (Phi) is 3.31. The lowest BCUT2D eigenvalue weighted by Gasteiger charge is -2.41. The molecule has 0 aliphatic carbocycles. The molecule has 88 valence electrons. The molecule has 1 saturated heterocycles. The Labute approximate surface area is 97.9 Å². The Hall–Kier alpha value is -0.860. The predicted octanol–water partition coefficient (Wildman–Crippen LogP) is 2.38. The monoisotopic (exact) mass is 219 g/mol. The lowest BCUT2D eigenvalue weighted by atomic mass is 9.85. The van der Waals surface area contributed by atoms with E-state index in [9.17, 15) is 5.11 Å². The molecule has 0 saturated carbocycles. The summed E-state index contributed by atoms with van der Waals surface area (Å²) in [6, 6.07) is 10.6. The number of nitrogens with zero attached hydrogens (tertiary/aromatic N) is 1. The summed E-state index contributed by atoms with van der Waals surface area (Å²) >= 11 is 0. The summed E-state index contributed by atoms with van der Waals surface area (Å²) in [6.45, 7) is 6.24. The second-order valence-electron chi connectivity index (χ2n) is 5.07. The Morgan fingerprint density at radius 1 is 1.25 bits per heavy atom. The van der Waals surface area contributed by atoms with Crippen LogP contribution in [0.2, 0.25) is 0 Å². The van der Waals surface area contributed by atoms with Crippen LogP contribution in [0.15, 0.2) is 30.3 Å². The number of likely N-dealkylation sites (tertiary alicyclic amines) is 1. The second-order valence-corrected chi connectivity index (χ2v) is 5.07. The molecule has 0 radical (unpaired) electrons. The average molecular weight is 219 g/mol. The van der Waals surface area contributed by atoms with Crippen LogP contribution in [0, 0.1) is 0 Å². The number of hydrogen-bond donors (Lipinski definition) is 1. The average Bonchev–Trinajstić information content (AvgIpc) is 2.30. The first-order valence-corrected chi connectivity index (χ1v) is 6.14. The summed E-state index contributed by atoms with van der Waals surface area (Å²) in [6.07, 6.45) is 1.95. The molecule has 1 aromatic carbocycles. The smallest absolute Gasteiger partial charge is 0.102 e. The summed E-state index contributed by atoms with van der Waals surface area (Å²) in [7, 11) is 0. The Bertz CT molecular complexity index is 336. The molecular formula is C14H21NO. The minimum absolute atomic E-state index is 0.510. The van der Waals surface area contributed by atoms with Gasteiger partial charge in [0.2, 0.25) is 0 Å². The van der Waals surface area contributed by atoms with Gasteiger partial charge in [-0.2, -0.15) is 0 Å². The van der Waals surface area contributed by atoms with Crippen molar-refractivity contribution in [3.8, 4) is 0 Å². The van der Waals surface area contributed by atoms with Crippen LogP contribution in [0.4, 0.5) is 0 Å². The third-order valence-electron chi connectivity index (χ3n) is 3.54. The van der Waals surface area contributed by atoms with E-state index >= 15 is 0 Å². The third-order valence-corrected chi connectivity index (χ3v) is 3.54. The molecule has 1 heterocycles. The Morgan fingerprint density at radius 2 is 1.94 bits per heavy atom. The fourth-order valence-electron chi connectivity index (χ4n) is 2.49. The summed E-state index contributed by atoms with van der Waals surface area (Å²) < 4.78 is 0. The number of benzene rings is 1. The van der Waals surface area contributed by atoms with E-state index in [4.69, 9.17) is 0 Å². The zero-order valence-electron chi connectivity index (χ0n) is 10.2. The quantitative estimate of drug-likeness (QED) is 0.825. The maximum atomic E-state index is 10.7. The van der Waals surface area contributed by atoms with E-state index in [0.717, 1.165) is 31.5 Å². The molecule has 16 heavy (non-hydrogen) atoms. The molecule has 1 unspecified atom stereocenters. The van der Waals surface area contributed by atoms with Crippen molar-refractivity contribution in [2.75, 3.05) is 13.1 Å². The maximum absolute atomic E-state index is 10.7. The number of aliphatic hydroxyl groups is 1. The Morgan fingerprint density at radius 3 is 2.56 bits per heavy atom. The van der Waals surface area contributed by atoms with Gasteiger partial charge in [-0.1, -0.05) is 30.3 Å². The standard InChI is InChI=1S/C14H21NO/c1-12(2)15-10-6-9-14(16,11-15)13-7-4-3-5-8-13/h3-5,7-8,12,16H,6,9-11H2,1-2H3. The van der Waals surface area contributed by atoms with Crippen molar-refractivity contribution in [2.45, 2.75) is 38.3 Å². The van der Waals surface area contributed by atoms with Crippen molar-refractivity contribution < 1.29 is 5.11 Å². The number of rotatable bonds is 2. The van der Waals surface area contributed by atoms with Crippen LogP contribution < -0.4 is 0 Å². The third kappa shape index (κ3) is 2.28. The number of piperidine rings is 1. The van der Waals surface area contributed by atoms with E-state index < -0.39 is 5.60 Å². The zero-order valence-corrected chi connectivity index (χ0v) is 10.2. The zero-order chi connectivity index (χ0) is 11.6. The lowest BCUT2D eigenvalue weighted by molar-refractivity contribution is -0.0445. The highest BCUT2D eigenvalue weighted by Gasteiger charge is 2.35. The normalized spacial score (nSPS) is 27.2. The van der Waals surface area contributed by atoms with Gasteiger partial charge in [0.05, 0.1) is 0 Å². The predicted molar refractivity (Wildman–Crippen MR) is 66.3 cm³/mol. The van der Waals surface area contributed by atoms with Crippen molar-refractivity contribution in [1.82, 2.24) is 4.90 Å². The molecule has 2 nitrogen and oxygen atoms in total. The highest BCUT2D eigenvalue weighted by molar-refractivity contribution is 5.23. The van der Waals surface area contributed by atoms with E-state index in [0.29, 0.717) is 6.04 Å². The summed E-state index contributed by atoms with van der Waals surface area (Å²) in [5.41, 5.74) is 0.407. The maximum Gasteiger partial charge on any atom is 0.102 e. The van der Waals surface area contributed by atoms with Gasteiger partial charge in [0.15, 0.2) is 0 Å². The minimum atomic E-state index is -0.649. The fourth-order valence-corrected chi connectivity index (χ4v) is 2.49. The number of β-amino-alcohol motifs (C(OH)–C–C–N with tert-alkyl or cyclic N) is 1. The largest absolute Gasteiger partial charge is 0.384 e. The lowest BCUT2D eigenvalue weighted by Crippen LogP contribution is -2.48. The highest BCUT2D eigenvalue weighted by Crippen LogP contribution is 2.31. The summed E-state index contributed by atoms with van der Waals surface area (Å²) in [4.78, 5) is 2.36. The van der Waals surface area contributed by atoms with E-state index in [1.807, 2.05) is 30.3 Å². The Balaban J connectivity index is 2.19. The van der Waals surface area contributed by atoms with Gasteiger partial charge in [-0.3, -0.25) is 4.90 Å². The van der Waals surface area contributed by atoms with Crippen LogP contribution in [0.1, 0.15) is 32.3 Å². The van der Waals surface area contributed by atoms with Gasteiger partial charge >= 0.3 is 0 Å². The highest BCUT2D eigenvalue weighted by atomic mass is 16.3.